The van der Waals surface area contributed by atoms with Gasteiger partial charge in [-0.15, -0.1) is 12.4 Å². The molecule has 1 aromatic carbocycles. The fourth-order valence-electron chi connectivity index (χ4n) is 4.56. The Labute approximate surface area is 209 Å². The molecule has 0 radical (unpaired) electrons. The first-order chi connectivity index (χ1) is 16.4. The lowest BCUT2D eigenvalue weighted by Gasteiger charge is -2.34. The van der Waals surface area contributed by atoms with Crippen LogP contribution < -0.4 is 10.2 Å². The first kappa shape index (κ1) is 24.7. The Hall–Kier alpha value is -3.43. The van der Waals surface area contributed by atoms with Gasteiger partial charge in [0.05, 0.1) is 22.6 Å². The van der Waals surface area contributed by atoms with E-state index < -0.39 is 0 Å². The smallest absolute Gasteiger partial charge is 0.277 e. The molecule has 9 nitrogen and oxygen atoms in total. The van der Waals surface area contributed by atoms with Crippen LogP contribution >= 0.6 is 12.4 Å². The number of aryl methyl sites for hydroxylation is 3. The quantitative estimate of drug-likeness (QED) is 0.427. The van der Waals surface area contributed by atoms with Crippen molar-refractivity contribution < 1.29 is 14.3 Å². The Bertz CT molecular complexity index is 1360. The van der Waals surface area contributed by atoms with Gasteiger partial charge in [-0.1, -0.05) is 0 Å². The Morgan fingerprint density at radius 3 is 2.71 bits per heavy atom. The fraction of sp³-hybridized carbons (Fsp3) is 0.360. The van der Waals surface area contributed by atoms with Gasteiger partial charge >= 0.3 is 0 Å². The topological polar surface area (TPSA) is 109 Å². The zero-order valence-electron chi connectivity index (χ0n) is 20.0. The number of oxazole rings is 1. The number of fused-ring (bicyclic) bond motifs is 1. The molecule has 1 aliphatic heterocycles. The van der Waals surface area contributed by atoms with Crippen molar-refractivity contribution in [3.05, 3.63) is 53.8 Å². The number of pyridine rings is 1. The molecule has 1 amide bonds. The van der Waals surface area contributed by atoms with E-state index >= 15 is 0 Å². The standard InChI is InChI=1S/C25H28N6O3.ClH/c1-15-10-18(4-7-26-15)25-28-21(14-34-25)24(33)27-20-12-22-19(16(2)29-30(22)3)11-23(20)31-8-5-17(13-32)6-9-31;/h4,7,10-12,14,17,32H,5-6,8-9,13H2,1-3H3,(H,27,33);1H. The molecular weight excluding hydrogens is 468 g/mol. The highest BCUT2D eigenvalue weighted by Gasteiger charge is 2.24. The summed E-state index contributed by atoms with van der Waals surface area (Å²) >= 11 is 0. The van der Waals surface area contributed by atoms with Crippen molar-refractivity contribution in [3.8, 4) is 11.5 Å². The van der Waals surface area contributed by atoms with Crippen LogP contribution in [0, 0.1) is 19.8 Å². The number of nitrogens with zero attached hydrogens (tertiary/aromatic N) is 5. The zero-order valence-corrected chi connectivity index (χ0v) is 20.8. The number of benzene rings is 1. The molecule has 5 rings (SSSR count). The van der Waals surface area contributed by atoms with Gasteiger partial charge in [0.25, 0.3) is 5.91 Å². The first-order valence-corrected chi connectivity index (χ1v) is 11.5. The number of piperidine rings is 1. The highest BCUT2D eigenvalue weighted by atomic mass is 35.5. The average molecular weight is 497 g/mol. The van der Waals surface area contributed by atoms with Crippen LogP contribution in [0.15, 0.2) is 41.1 Å². The van der Waals surface area contributed by atoms with Gasteiger partial charge in [-0.05, 0) is 56.9 Å². The highest BCUT2D eigenvalue weighted by molar-refractivity contribution is 6.06. The number of nitrogens with one attached hydrogen (secondary N) is 1. The van der Waals surface area contributed by atoms with E-state index in [0.717, 1.165) is 59.5 Å². The molecule has 0 unspecified atom stereocenters. The van der Waals surface area contributed by atoms with Gasteiger partial charge in [-0.25, -0.2) is 4.98 Å². The summed E-state index contributed by atoms with van der Waals surface area (Å²) in [4.78, 5) is 24.0. The van der Waals surface area contributed by atoms with E-state index in [1.165, 1.54) is 6.26 Å². The maximum Gasteiger partial charge on any atom is 0.277 e. The lowest BCUT2D eigenvalue weighted by atomic mass is 9.97. The molecule has 0 spiro atoms. The van der Waals surface area contributed by atoms with E-state index in [4.69, 9.17) is 4.42 Å². The third kappa shape index (κ3) is 4.87. The van der Waals surface area contributed by atoms with E-state index in [-0.39, 0.29) is 30.6 Å². The molecule has 1 saturated heterocycles. The minimum atomic E-state index is -0.342. The monoisotopic (exact) mass is 496 g/mol. The summed E-state index contributed by atoms with van der Waals surface area (Å²) in [5.74, 6) is 0.355. The minimum absolute atomic E-state index is 0. The van der Waals surface area contributed by atoms with Crippen LogP contribution in [0.4, 0.5) is 11.4 Å². The van der Waals surface area contributed by atoms with Gasteiger partial charge < -0.3 is 19.7 Å². The van der Waals surface area contributed by atoms with Crippen molar-refractivity contribution in [1.82, 2.24) is 19.7 Å². The lowest BCUT2D eigenvalue weighted by Crippen LogP contribution is -2.35. The van der Waals surface area contributed by atoms with Crippen molar-refractivity contribution in [2.45, 2.75) is 26.7 Å². The normalized spacial score (nSPS) is 14.2. The molecule has 2 N–H and O–H groups in total. The number of aromatic nitrogens is 4. The summed E-state index contributed by atoms with van der Waals surface area (Å²) in [6.07, 6.45) is 4.88. The molecule has 0 saturated carbocycles. The predicted molar refractivity (Wildman–Crippen MR) is 137 cm³/mol. The fourth-order valence-corrected chi connectivity index (χ4v) is 4.56. The van der Waals surface area contributed by atoms with Crippen molar-refractivity contribution in [2.24, 2.45) is 13.0 Å². The maximum absolute atomic E-state index is 13.2. The average Bonchev–Trinajstić information content (AvgIpc) is 3.44. The summed E-state index contributed by atoms with van der Waals surface area (Å²) in [7, 11) is 1.90. The van der Waals surface area contributed by atoms with Gasteiger partial charge in [-0.3, -0.25) is 14.5 Å². The highest BCUT2D eigenvalue weighted by Crippen LogP contribution is 2.35. The second-order valence-electron chi connectivity index (χ2n) is 8.89. The number of hydrogen-bond acceptors (Lipinski definition) is 7. The minimum Gasteiger partial charge on any atom is -0.444 e. The number of hydrogen-bond donors (Lipinski definition) is 2. The van der Waals surface area contributed by atoms with E-state index in [9.17, 15) is 9.90 Å². The second kappa shape index (κ2) is 10.1. The summed E-state index contributed by atoms with van der Waals surface area (Å²) in [5.41, 5.74) is 5.34. The van der Waals surface area contributed by atoms with E-state index in [2.05, 4.69) is 31.3 Å². The van der Waals surface area contributed by atoms with Crippen LogP contribution in [0.2, 0.25) is 0 Å². The third-order valence-corrected chi connectivity index (χ3v) is 6.49. The van der Waals surface area contributed by atoms with Gasteiger partial charge in [0, 0.05) is 49.6 Å². The Balaban J connectivity index is 0.00000289. The molecule has 1 aliphatic rings. The number of aliphatic hydroxyl groups excluding tert-OH is 1. The second-order valence-corrected chi connectivity index (χ2v) is 8.89. The first-order valence-electron chi connectivity index (χ1n) is 11.5. The van der Waals surface area contributed by atoms with Gasteiger partial charge in [-0.2, -0.15) is 5.10 Å². The SMILES string of the molecule is Cc1cc(-c2nc(C(=O)Nc3cc4c(cc3N3CCC(CO)CC3)c(C)nn4C)co2)ccn1.Cl. The lowest BCUT2D eigenvalue weighted by molar-refractivity contribution is 0.102. The number of rotatable bonds is 5. The van der Waals surface area contributed by atoms with Crippen molar-refractivity contribution in [3.63, 3.8) is 0 Å². The van der Waals surface area contributed by atoms with Crippen molar-refractivity contribution in [2.75, 3.05) is 29.9 Å². The molecule has 4 aromatic rings. The summed E-state index contributed by atoms with van der Waals surface area (Å²) in [6.45, 7) is 5.72. The summed E-state index contributed by atoms with van der Waals surface area (Å²) < 4.78 is 7.40. The number of carbonyl (C=O) groups excluding carboxylic acids is 1. The van der Waals surface area contributed by atoms with Crippen LogP contribution in [0.5, 0.6) is 0 Å². The molecule has 3 aromatic heterocycles. The van der Waals surface area contributed by atoms with E-state index in [1.807, 2.05) is 37.7 Å². The predicted octanol–water partition coefficient (Wildman–Crippen LogP) is 4.12. The van der Waals surface area contributed by atoms with Gasteiger partial charge in [0.1, 0.15) is 6.26 Å². The van der Waals surface area contributed by atoms with Crippen LogP contribution in [0.25, 0.3) is 22.4 Å². The Kier molecular flexibility index (Phi) is 7.09. The van der Waals surface area contributed by atoms with Crippen LogP contribution in [-0.4, -0.2) is 50.5 Å². The number of aliphatic hydroxyl groups is 1. The Morgan fingerprint density at radius 1 is 1.23 bits per heavy atom. The summed E-state index contributed by atoms with van der Waals surface area (Å²) in [5, 5.41) is 18.2. The summed E-state index contributed by atoms with van der Waals surface area (Å²) in [6, 6.07) is 7.72. The molecule has 0 atom stereocenters. The number of anilines is 2. The van der Waals surface area contributed by atoms with Gasteiger partial charge in [0.2, 0.25) is 5.89 Å². The van der Waals surface area contributed by atoms with Gasteiger partial charge in [0.15, 0.2) is 5.69 Å². The molecule has 1 fully saturated rings. The molecule has 0 bridgehead atoms. The van der Waals surface area contributed by atoms with Crippen LogP contribution in [0.3, 0.4) is 0 Å². The molecule has 10 heteroatoms. The molecule has 35 heavy (non-hydrogen) atoms. The van der Waals surface area contributed by atoms with Crippen molar-refractivity contribution in [1.29, 1.82) is 0 Å². The largest absolute Gasteiger partial charge is 0.444 e. The number of carbonyl (C=O) groups is 1. The van der Waals surface area contributed by atoms with Crippen LogP contribution in [-0.2, 0) is 7.05 Å². The Morgan fingerprint density at radius 2 is 2.00 bits per heavy atom. The molecule has 0 aliphatic carbocycles. The van der Waals surface area contributed by atoms with E-state index in [0.29, 0.717) is 17.5 Å². The van der Waals surface area contributed by atoms with Crippen LogP contribution in [0.1, 0.15) is 34.7 Å². The molecule has 4 heterocycles. The maximum atomic E-state index is 13.2. The number of amides is 1. The third-order valence-electron chi connectivity index (χ3n) is 6.49. The molecular formula is C25H29ClN6O3. The molecule has 184 valence electrons. The van der Waals surface area contributed by atoms with Crippen molar-refractivity contribution >= 4 is 40.6 Å². The van der Waals surface area contributed by atoms with E-state index in [1.54, 1.807) is 12.3 Å². The zero-order chi connectivity index (χ0) is 23.8. The number of halogens is 1.